The second-order valence-corrected chi connectivity index (χ2v) is 5.83. The summed E-state index contributed by atoms with van der Waals surface area (Å²) in [6, 6.07) is 7.38. The first-order valence-electron chi connectivity index (χ1n) is 5.57. The highest BCUT2D eigenvalue weighted by atomic mass is 79.9. The zero-order chi connectivity index (χ0) is 13.4. The van der Waals surface area contributed by atoms with Gasteiger partial charge < -0.3 is 5.11 Å². The third-order valence-corrected chi connectivity index (χ3v) is 4.41. The van der Waals surface area contributed by atoms with Gasteiger partial charge in [-0.15, -0.1) is 11.3 Å². The minimum Gasteiger partial charge on any atom is -0.506 e. The molecule has 19 heavy (non-hydrogen) atoms. The van der Waals surface area contributed by atoms with Crippen LogP contribution in [0.3, 0.4) is 0 Å². The standard InChI is InChI=1S/C13H9BrN2O2S/c14-10-11(17)9-4-1-5-15-12(9)16(13(10)18)7-8-3-2-6-19-8/h1-6,17H,7H2. The van der Waals surface area contributed by atoms with Crippen LogP contribution in [0.2, 0.25) is 0 Å². The summed E-state index contributed by atoms with van der Waals surface area (Å²) in [6.07, 6.45) is 1.61. The number of nitrogens with zero attached hydrogens (tertiary/aromatic N) is 2. The first kappa shape index (κ1) is 12.4. The van der Waals surface area contributed by atoms with Gasteiger partial charge in [0.05, 0.1) is 11.9 Å². The molecule has 0 unspecified atom stereocenters. The Morgan fingerprint density at radius 3 is 2.95 bits per heavy atom. The van der Waals surface area contributed by atoms with E-state index < -0.39 is 0 Å². The Morgan fingerprint density at radius 1 is 1.37 bits per heavy atom. The summed E-state index contributed by atoms with van der Waals surface area (Å²) >= 11 is 4.73. The van der Waals surface area contributed by atoms with Crippen LogP contribution >= 0.6 is 27.3 Å². The number of halogens is 1. The molecule has 3 aromatic rings. The van der Waals surface area contributed by atoms with Crippen LogP contribution in [0.15, 0.2) is 45.1 Å². The van der Waals surface area contributed by atoms with Crippen molar-refractivity contribution in [2.75, 3.05) is 0 Å². The van der Waals surface area contributed by atoms with Crippen molar-refractivity contribution in [3.63, 3.8) is 0 Å². The van der Waals surface area contributed by atoms with Crippen LogP contribution in [0, 0.1) is 0 Å². The van der Waals surface area contributed by atoms with E-state index in [1.54, 1.807) is 34.2 Å². The Labute approximate surface area is 121 Å². The number of aromatic nitrogens is 2. The summed E-state index contributed by atoms with van der Waals surface area (Å²) in [5.74, 6) is -0.0597. The van der Waals surface area contributed by atoms with Crippen molar-refractivity contribution < 1.29 is 5.11 Å². The lowest BCUT2D eigenvalue weighted by molar-refractivity contribution is 0.475. The van der Waals surface area contributed by atoms with Gasteiger partial charge in [0, 0.05) is 11.1 Å². The van der Waals surface area contributed by atoms with Gasteiger partial charge in [0.15, 0.2) is 0 Å². The highest BCUT2D eigenvalue weighted by Gasteiger charge is 2.15. The number of hydrogen-bond donors (Lipinski definition) is 1. The Hall–Kier alpha value is -1.66. The van der Waals surface area contributed by atoms with E-state index in [-0.39, 0.29) is 15.8 Å². The molecule has 0 bridgehead atoms. The number of rotatable bonds is 2. The molecule has 3 heterocycles. The molecule has 0 fully saturated rings. The van der Waals surface area contributed by atoms with Gasteiger partial charge in [-0.2, -0.15) is 0 Å². The van der Waals surface area contributed by atoms with E-state index >= 15 is 0 Å². The van der Waals surface area contributed by atoms with Crippen LogP contribution in [-0.2, 0) is 6.54 Å². The summed E-state index contributed by atoms with van der Waals surface area (Å²) in [4.78, 5) is 17.5. The summed E-state index contributed by atoms with van der Waals surface area (Å²) in [5.41, 5.74) is 0.207. The number of fused-ring (bicyclic) bond motifs is 1. The van der Waals surface area contributed by atoms with E-state index in [2.05, 4.69) is 20.9 Å². The van der Waals surface area contributed by atoms with Crippen LogP contribution in [0.1, 0.15) is 4.88 Å². The molecule has 96 valence electrons. The van der Waals surface area contributed by atoms with Crippen molar-refractivity contribution >= 4 is 38.3 Å². The average molecular weight is 337 g/mol. The number of pyridine rings is 2. The number of thiophene rings is 1. The fraction of sp³-hybridized carbons (Fsp3) is 0.0769. The Balaban J connectivity index is 2.31. The van der Waals surface area contributed by atoms with E-state index in [9.17, 15) is 9.90 Å². The van der Waals surface area contributed by atoms with Gasteiger partial charge in [0.2, 0.25) is 0 Å². The van der Waals surface area contributed by atoms with Crippen LogP contribution in [0.5, 0.6) is 5.75 Å². The van der Waals surface area contributed by atoms with Crippen molar-refractivity contribution in [1.82, 2.24) is 9.55 Å². The average Bonchev–Trinajstić information content (AvgIpc) is 2.94. The Morgan fingerprint density at radius 2 is 2.21 bits per heavy atom. The van der Waals surface area contributed by atoms with Crippen molar-refractivity contribution in [2.45, 2.75) is 6.54 Å². The molecule has 0 aromatic carbocycles. The molecule has 4 nitrogen and oxygen atoms in total. The van der Waals surface area contributed by atoms with Gasteiger partial charge in [0.25, 0.3) is 5.56 Å². The summed E-state index contributed by atoms with van der Waals surface area (Å²) < 4.78 is 1.73. The van der Waals surface area contributed by atoms with E-state index in [4.69, 9.17) is 0 Å². The smallest absolute Gasteiger partial charge is 0.270 e. The lowest BCUT2D eigenvalue weighted by atomic mass is 10.2. The van der Waals surface area contributed by atoms with E-state index in [0.717, 1.165) is 4.88 Å². The minimum absolute atomic E-state index is 0.0597. The molecule has 3 rings (SSSR count). The molecule has 0 saturated carbocycles. The van der Waals surface area contributed by atoms with E-state index in [0.29, 0.717) is 17.6 Å². The zero-order valence-electron chi connectivity index (χ0n) is 9.71. The van der Waals surface area contributed by atoms with Crippen LogP contribution in [0.25, 0.3) is 11.0 Å². The molecule has 6 heteroatoms. The first-order chi connectivity index (χ1) is 9.18. The highest BCUT2D eigenvalue weighted by molar-refractivity contribution is 9.10. The maximum absolute atomic E-state index is 12.3. The molecule has 0 spiro atoms. The molecule has 0 aliphatic heterocycles. The normalized spacial score (nSPS) is 11.0. The van der Waals surface area contributed by atoms with E-state index in [1.165, 1.54) is 0 Å². The van der Waals surface area contributed by atoms with Gasteiger partial charge in [-0.1, -0.05) is 6.07 Å². The summed E-state index contributed by atoms with van der Waals surface area (Å²) in [6.45, 7) is 0.447. The minimum atomic E-state index is -0.280. The Bertz CT molecular complexity index is 796. The lowest BCUT2D eigenvalue weighted by Gasteiger charge is -2.10. The van der Waals surface area contributed by atoms with Gasteiger partial charge in [-0.3, -0.25) is 9.36 Å². The summed E-state index contributed by atoms with van der Waals surface area (Å²) in [7, 11) is 0. The van der Waals surface area contributed by atoms with Crippen LogP contribution < -0.4 is 5.56 Å². The monoisotopic (exact) mass is 336 g/mol. The van der Waals surface area contributed by atoms with Crippen LogP contribution in [0.4, 0.5) is 0 Å². The van der Waals surface area contributed by atoms with Crippen molar-refractivity contribution in [1.29, 1.82) is 0 Å². The fourth-order valence-electron chi connectivity index (χ4n) is 1.94. The van der Waals surface area contributed by atoms with Gasteiger partial charge >= 0.3 is 0 Å². The Kier molecular flexibility index (Phi) is 3.12. The molecule has 3 aromatic heterocycles. The maximum atomic E-state index is 12.3. The zero-order valence-corrected chi connectivity index (χ0v) is 12.1. The molecular weight excluding hydrogens is 328 g/mol. The largest absolute Gasteiger partial charge is 0.506 e. The molecular formula is C13H9BrN2O2S. The molecule has 0 saturated heterocycles. The SMILES string of the molecule is O=c1c(Br)c(O)c2cccnc2n1Cc1cccs1. The van der Waals surface area contributed by atoms with Crippen molar-refractivity contribution in [2.24, 2.45) is 0 Å². The molecule has 0 aliphatic carbocycles. The molecule has 0 amide bonds. The van der Waals surface area contributed by atoms with Crippen LogP contribution in [-0.4, -0.2) is 14.7 Å². The molecule has 0 aliphatic rings. The predicted molar refractivity (Wildman–Crippen MR) is 78.8 cm³/mol. The third kappa shape index (κ3) is 2.06. The number of aromatic hydroxyl groups is 1. The topological polar surface area (TPSA) is 55.1 Å². The maximum Gasteiger partial charge on any atom is 0.270 e. The van der Waals surface area contributed by atoms with Crippen molar-refractivity contribution in [3.8, 4) is 5.75 Å². The number of hydrogen-bond acceptors (Lipinski definition) is 4. The van der Waals surface area contributed by atoms with Gasteiger partial charge in [-0.25, -0.2) is 4.98 Å². The molecule has 0 atom stereocenters. The lowest BCUT2D eigenvalue weighted by Crippen LogP contribution is -2.22. The fourth-order valence-corrected chi connectivity index (χ4v) is 3.06. The van der Waals surface area contributed by atoms with Gasteiger partial charge in [0.1, 0.15) is 15.9 Å². The second kappa shape index (κ2) is 4.79. The second-order valence-electron chi connectivity index (χ2n) is 4.01. The first-order valence-corrected chi connectivity index (χ1v) is 7.24. The van der Waals surface area contributed by atoms with E-state index in [1.807, 2.05) is 17.5 Å². The summed E-state index contributed by atoms with van der Waals surface area (Å²) in [5, 5.41) is 12.5. The predicted octanol–water partition coefficient (Wildman–Crippen LogP) is 2.97. The molecule has 0 radical (unpaired) electrons. The van der Waals surface area contributed by atoms with Crippen molar-refractivity contribution in [3.05, 3.63) is 55.5 Å². The van der Waals surface area contributed by atoms with Gasteiger partial charge in [-0.05, 0) is 39.5 Å². The quantitative estimate of drug-likeness (QED) is 0.782. The molecule has 1 N–H and O–H groups in total. The highest BCUT2D eigenvalue weighted by Crippen LogP contribution is 2.28. The third-order valence-electron chi connectivity index (χ3n) is 2.83.